The molecule has 1 heterocycles. The van der Waals surface area contributed by atoms with Gasteiger partial charge in [0, 0.05) is 23.8 Å². The third kappa shape index (κ3) is 4.09. The summed E-state index contributed by atoms with van der Waals surface area (Å²) >= 11 is 1.15. The van der Waals surface area contributed by atoms with Gasteiger partial charge in [-0.15, -0.1) is 24.5 Å². The van der Waals surface area contributed by atoms with Crippen molar-refractivity contribution in [2.24, 2.45) is 0 Å². The lowest BCUT2D eigenvalue weighted by Crippen LogP contribution is -2.18. The van der Waals surface area contributed by atoms with Gasteiger partial charge in [0.25, 0.3) is 5.91 Å². The highest BCUT2D eigenvalue weighted by molar-refractivity contribution is 7.16. The fourth-order valence-corrected chi connectivity index (χ4v) is 4.11. The van der Waals surface area contributed by atoms with Crippen molar-refractivity contribution in [1.29, 1.82) is 5.26 Å². The lowest BCUT2D eigenvalue weighted by molar-refractivity contribution is -0.274. The molecule has 2 aromatic rings. The summed E-state index contributed by atoms with van der Waals surface area (Å²) < 4.78 is 45.9. The smallest absolute Gasteiger partial charge is 0.496 e. The van der Waals surface area contributed by atoms with Crippen LogP contribution >= 0.6 is 11.3 Å². The van der Waals surface area contributed by atoms with Gasteiger partial charge >= 0.3 is 6.36 Å². The van der Waals surface area contributed by atoms with Crippen molar-refractivity contribution < 1.29 is 32.2 Å². The van der Waals surface area contributed by atoms with E-state index in [9.17, 15) is 28.0 Å². The maximum absolute atomic E-state index is 12.6. The van der Waals surface area contributed by atoms with Crippen LogP contribution in [-0.4, -0.2) is 25.2 Å². The maximum Gasteiger partial charge on any atom is 0.573 e. The highest BCUT2D eigenvalue weighted by Gasteiger charge is 2.32. The van der Waals surface area contributed by atoms with Gasteiger partial charge in [0.15, 0.2) is 0 Å². The number of amides is 1. The summed E-state index contributed by atoms with van der Waals surface area (Å²) in [5.41, 5.74) is 1.03. The SMILES string of the molecule is COc1cc(OC(F)(F)F)ccc1C(=O)Nc1sc2c(c1C#N)CCC(=O)C2. The van der Waals surface area contributed by atoms with E-state index in [0.717, 1.165) is 40.0 Å². The number of thiophene rings is 1. The molecule has 6 nitrogen and oxygen atoms in total. The number of ether oxygens (including phenoxy) is 2. The first-order chi connectivity index (χ1) is 13.2. The number of carbonyl (C=O) groups is 2. The molecule has 0 unspecified atom stereocenters. The number of hydrogen-bond acceptors (Lipinski definition) is 6. The quantitative estimate of drug-likeness (QED) is 0.828. The van der Waals surface area contributed by atoms with E-state index in [1.54, 1.807) is 0 Å². The zero-order valence-electron chi connectivity index (χ0n) is 14.5. The molecule has 0 saturated heterocycles. The molecule has 0 spiro atoms. The van der Waals surface area contributed by atoms with E-state index < -0.39 is 18.0 Å². The fourth-order valence-electron chi connectivity index (χ4n) is 2.88. The number of nitrogens with one attached hydrogen (secondary N) is 1. The van der Waals surface area contributed by atoms with Crippen molar-refractivity contribution in [1.82, 2.24) is 0 Å². The molecule has 0 fully saturated rings. The average Bonchev–Trinajstić information content (AvgIpc) is 2.95. The van der Waals surface area contributed by atoms with Gasteiger partial charge in [-0.1, -0.05) is 0 Å². The van der Waals surface area contributed by atoms with Crippen molar-refractivity contribution in [3.05, 3.63) is 39.8 Å². The van der Waals surface area contributed by atoms with E-state index in [4.69, 9.17) is 4.74 Å². The van der Waals surface area contributed by atoms with Crippen LogP contribution in [0.1, 0.15) is 32.8 Å². The number of nitriles is 1. The molecular formula is C18H13F3N2O4S. The minimum absolute atomic E-state index is 0.0247. The molecule has 0 aliphatic heterocycles. The highest BCUT2D eigenvalue weighted by Crippen LogP contribution is 2.37. The number of fused-ring (bicyclic) bond motifs is 1. The number of ketones is 1. The summed E-state index contributed by atoms with van der Waals surface area (Å²) in [6, 6.07) is 5.13. The number of nitrogens with zero attached hydrogens (tertiary/aromatic N) is 1. The summed E-state index contributed by atoms with van der Waals surface area (Å²) in [4.78, 5) is 25.0. The second kappa shape index (κ2) is 7.52. The van der Waals surface area contributed by atoms with Crippen LogP contribution in [0, 0.1) is 11.3 Å². The Morgan fingerprint density at radius 3 is 2.71 bits per heavy atom. The molecule has 0 atom stereocenters. The predicted molar refractivity (Wildman–Crippen MR) is 93.7 cm³/mol. The highest BCUT2D eigenvalue weighted by atomic mass is 32.1. The van der Waals surface area contributed by atoms with Gasteiger partial charge in [-0.3, -0.25) is 9.59 Å². The third-order valence-corrected chi connectivity index (χ3v) is 5.24. The molecule has 0 saturated carbocycles. The van der Waals surface area contributed by atoms with E-state index in [-0.39, 0.29) is 23.5 Å². The largest absolute Gasteiger partial charge is 0.573 e. The number of methoxy groups -OCH3 is 1. The van der Waals surface area contributed by atoms with Crippen molar-refractivity contribution >= 4 is 28.0 Å². The second-order valence-electron chi connectivity index (χ2n) is 5.90. The summed E-state index contributed by atoms with van der Waals surface area (Å²) in [5, 5.41) is 12.3. The Morgan fingerprint density at radius 1 is 1.32 bits per heavy atom. The monoisotopic (exact) mass is 410 g/mol. The Kier molecular flexibility index (Phi) is 5.29. The van der Waals surface area contributed by atoms with E-state index in [1.165, 1.54) is 7.11 Å². The van der Waals surface area contributed by atoms with Crippen molar-refractivity contribution in [2.45, 2.75) is 25.6 Å². The Morgan fingerprint density at radius 2 is 2.07 bits per heavy atom. The zero-order chi connectivity index (χ0) is 20.5. The van der Waals surface area contributed by atoms with Gasteiger partial charge in [0.2, 0.25) is 0 Å². The van der Waals surface area contributed by atoms with Crippen LogP contribution in [0.3, 0.4) is 0 Å². The van der Waals surface area contributed by atoms with E-state index >= 15 is 0 Å². The minimum Gasteiger partial charge on any atom is -0.496 e. The summed E-state index contributed by atoms with van der Waals surface area (Å²) in [7, 11) is 1.21. The summed E-state index contributed by atoms with van der Waals surface area (Å²) in [6.07, 6.45) is -3.86. The van der Waals surface area contributed by atoms with Gasteiger partial charge in [-0.2, -0.15) is 5.26 Å². The number of benzene rings is 1. The van der Waals surface area contributed by atoms with Gasteiger partial charge < -0.3 is 14.8 Å². The molecule has 146 valence electrons. The first kappa shape index (κ1) is 19.7. The molecule has 1 aromatic carbocycles. The summed E-state index contributed by atoms with van der Waals surface area (Å²) in [5.74, 6) is -1.23. The zero-order valence-corrected chi connectivity index (χ0v) is 15.3. The van der Waals surface area contributed by atoms with Crippen LogP contribution < -0.4 is 14.8 Å². The number of halogens is 3. The standard InChI is InChI=1S/C18H13F3N2O4S/c1-26-14-7-10(27-18(19,20)21)3-5-12(14)16(25)23-17-13(8-22)11-4-2-9(24)6-15(11)28-17/h3,5,7H,2,4,6H2,1H3,(H,23,25). The number of alkyl halides is 3. The fraction of sp³-hybridized carbons (Fsp3) is 0.278. The molecule has 1 aliphatic carbocycles. The van der Waals surface area contributed by atoms with Gasteiger partial charge in [0.1, 0.15) is 28.4 Å². The van der Waals surface area contributed by atoms with Gasteiger partial charge in [0.05, 0.1) is 18.2 Å². The molecule has 3 rings (SSSR count). The van der Waals surface area contributed by atoms with Crippen LogP contribution in [0.25, 0.3) is 0 Å². The molecule has 0 radical (unpaired) electrons. The molecule has 28 heavy (non-hydrogen) atoms. The van der Waals surface area contributed by atoms with Crippen LogP contribution in [0.15, 0.2) is 18.2 Å². The van der Waals surface area contributed by atoms with Gasteiger partial charge in [-0.05, 0) is 24.1 Å². The topological polar surface area (TPSA) is 88.4 Å². The Hall–Kier alpha value is -3.06. The van der Waals surface area contributed by atoms with E-state index in [2.05, 4.69) is 10.1 Å². The second-order valence-corrected chi connectivity index (χ2v) is 7.00. The lowest BCUT2D eigenvalue weighted by atomic mass is 9.95. The summed E-state index contributed by atoms with van der Waals surface area (Å²) in [6.45, 7) is 0. The van der Waals surface area contributed by atoms with Crippen LogP contribution in [0.5, 0.6) is 11.5 Å². The Labute approximate surface area is 161 Å². The van der Waals surface area contributed by atoms with Crippen LogP contribution in [-0.2, 0) is 17.6 Å². The Balaban J connectivity index is 1.88. The predicted octanol–water partition coefficient (Wildman–Crippen LogP) is 3.84. The minimum atomic E-state index is -4.87. The van der Waals surface area contributed by atoms with Crippen LogP contribution in [0.2, 0.25) is 0 Å². The lowest BCUT2D eigenvalue weighted by Gasteiger charge is -2.13. The van der Waals surface area contributed by atoms with Crippen molar-refractivity contribution in [2.75, 3.05) is 12.4 Å². The first-order valence-corrected chi connectivity index (χ1v) is 8.85. The normalized spacial score (nSPS) is 13.5. The molecule has 0 bridgehead atoms. The number of rotatable bonds is 4. The number of anilines is 1. The van der Waals surface area contributed by atoms with Crippen LogP contribution in [0.4, 0.5) is 18.2 Å². The molecular weight excluding hydrogens is 397 g/mol. The van der Waals surface area contributed by atoms with Gasteiger partial charge in [-0.25, -0.2) is 0 Å². The molecule has 1 N–H and O–H groups in total. The Bertz CT molecular complexity index is 992. The molecule has 1 aliphatic rings. The number of Topliss-reactive ketones (excluding diaryl/α,β-unsaturated/α-hetero) is 1. The molecule has 1 aromatic heterocycles. The maximum atomic E-state index is 12.6. The molecule has 1 amide bonds. The van der Waals surface area contributed by atoms with Crippen molar-refractivity contribution in [3.8, 4) is 17.6 Å². The first-order valence-electron chi connectivity index (χ1n) is 8.03. The van der Waals surface area contributed by atoms with E-state index in [0.29, 0.717) is 23.4 Å². The van der Waals surface area contributed by atoms with E-state index in [1.807, 2.05) is 6.07 Å². The molecule has 10 heteroatoms. The third-order valence-electron chi connectivity index (χ3n) is 4.09. The number of carbonyl (C=O) groups excluding carboxylic acids is 2. The average molecular weight is 410 g/mol. The van der Waals surface area contributed by atoms with Crippen molar-refractivity contribution in [3.63, 3.8) is 0 Å². The number of hydrogen-bond donors (Lipinski definition) is 1.